The molecule has 1 aliphatic rings. The van der Waals surface area contributed by atoms with Gasteiger partial charge in [-0.1, -0.05) is 48.6 Å². The second-order valence-corrected chi connectivity index (χ2v) is 7.91. The molecule has 2 unspecified atom stereocenters. The van der Waals surface area contributed by atoms with E-state index in [2.05, 4.69) is 30.4 Å². The normalized spacial score (nSPS) is 18.5. The largest absolute Gasteiger partial charge is 0.493 e. The van der Waals surface area contributed by atoms with E-state index in [4.69, 9.17) is 18.9 Å². The Morgan fingerprint density at radius 1 is 0.969 bits per heavy atom. The molecule has 0 aliphatic heterocycles. The first kappa shape index (κ1) is 23.6. The van der Waals surface area contributed by atoms with Gasteiger partial charge in [0.1, 0.15) is 5.76 Å². The van der Waals surface area contributed by atoms with Crippen molar-refractivity contribution in [3.05, 3.63) is 77.6 Å². The number of ketones is 1. The highest BCUT2D eigenvalue weighted by atomic mass is 16.7. The van der Waals surface area contributed by atoms with Crippen LogP contribution in [0.25, 0.3) is 6.08 Å². The molecule has 3 rings (SSSR count). The van der Waals surface area contributed by atoms with Crippen molar-refractivity contribution >= 4 is 11.9 Å². The van der Waals surface area contributed by atoms with Crippen LogP contribution in [0.4, 0.5) is 0 Å². The molecule has 0 amide bonds. The fraction of sp³-hybridized carbons (Fsp3) is 0.370. The van der Waals surface area contributed by atoms with Crippen LogP contribution < -0.4 is 9.47 Å². The predicted octanol–water partition coefficient (Wildman–Crippen LogP) is 5.45. The standard InChI is InChI=1S/C27H32O5/c1-29-19-32-26-18-24(28)22(11-7-10-20-8-5-4-6-9-20)17-23(26)14-12-21-13-15-25(30-2)27(16-21)31-3/h4-10,13,15-16,18,22-23H,11-12,14,17,19H2,1-3H3/b10-7+. The second kappa shape index (κ2) is 12.1. The Bertz CT molecular complexity index is 932. The number of hydrogen-bond acceptors (Lipinski definition) is 5. The fourth-order valence-electron chi connectivity index (χ4n) is 4.02. The summed E-state index contributed by atoms with van der Waals surface area (Å²) in [6.07, 6.45) is 9.04. The SMILES string of the molecule is COCOC1=CC(=O)C(C/C=C/c2ccccc2)CC1CCc1ccc(OC)c(OC)c1. The minimum atomic E-state index is -0.0414. The lowest BCUT2D eigenvalue weighted by Crippen LogP contribution is -2.25. The number of rotatable bonds is 11. The average molecular weight is 437 g/mol. The van der Waals surface area contributed by atoms with Gasteiger partial charge in [-0.3, -0.25) is 4.79 Å². The lowest BCUT2D eigenvalue weighted by Gasteiger charge is -2.28. The smallest absolute Gasteiger partial charge is 0.188 e. The van der Waals surface area contributed by atoms with Gasteiger partial charge in [-0.15, -0.1) is 0 Å². The van der Waals surface area contributed by atoms with Gasteiger partial charge in [0.15, 0.2) is 24.1 Å². The van der Waals surface area contributed by atoms with Crippen LogP contribution in [0.2, 0.25) is 0 Å². The van der Waals surface area contributed by atoms with Crippen molar-refractivity contribution in [3.8, 4) is 11.5 Å². The van der Waals surface area contributed by atoms with Gasteiger partial charge in [0, 0.05) is 25.0 Å². The number of methoxy groups -OCH3 is 3. The van der Waals surface area contributed by atoms with Crippen LogP contribution in [0.3, 0.4) is 0 Å². The molecule has 0 N–H and O–H groups in total. The average Bonchev–Trinajstić information content (AvgIpc) is 2.83. The molecule has 0 spiro atoms. The monoisotopic (exact) mass is 436 g/mol. The van der Waals surface area contributed by atoms with Crippen LogP contribution in [0, 0.1) is 11.8 Å². The number of carbonyl (C=O) groups is 1. The Kier molecular flexibility index (Phi) is 8.93. The molecule has 0 bridgehead atoms. The van der Waals surface area contributed by atoms with Crippen molar-refractivity contribution < 1.29 is 23.7 Å². The van der Waals surface area contributed by atoms with Crippen molar-refractivity contribution in [1.29, 1.82) is 0 Å². The van der Waals surface area contributed by atoms with E-state index in [1.807, 2.05) is 30.3 Å². The van der Waals surface area contributed by atoms with Gasteiger partial charge in [-0.25, -0.2) is 0 Å². The molecular weight excluding hydrogens is 404 g/mol. The Balaban J connectivity index is 1.68. The van der Waals surface area contributed by atoms with E-state index >= 15 is 0 Å². The summed E-state index contributed by atoms with van der Waals surface area (Å²) >= 11 is 0. The minimum Gasteiger partial charge on any atom is -0.493 e. The topological polar surface area (TPSA) is 54.0 Å². The van der Waals surface area contributed by atoms with Crippen molar-refractivity contribution in [2.75, 3.05) is 28.1 Å². The zero-order valence-corrected chi connectivity index (χ0v) is 19.1. The van der Waals surface area contributed by atoms with Gasteiger partial charge in [0.05, 0.1) is 14.2 Å². The summed E-state index contributed by atoms with van der Waals surface area (Å²) in [5.74, 6) is 2.40. The van der Waals surface area contributed by atoms with Crippen molar-refractivity contribution in [3.63, 3.8) is 0 Å². The van der Waals surface area contributed by atoms with E-state index < -0.39 is 0 Å². The lowest BCUT2D eigenvalue weighted by atomic mass is 9.80. The highest BCUT2D eigenvalue weighted by molar-refractivity contribution is 5.93. The van der Waals surface area contributed by atoms with Crippen molar-refractivity contribution in [2.45, 2.75) is 25.7 Å². The van der Waals surface area contributed by atoms with Gasteiger partial charge < -0.3 is 18.9 Å². The third-order valence-electron chi connectivity index (χ3n) is 5.76. The predicted molar refractivity (Wildman–Crippen MR) is 126 cm³/mol. The van der Waals surface area contributed by atoms with Crippen molar-refractivity contribution in [1.82, 2.24) is 0 Å². The van der Waals surface area contributed by atoms with Gasteiger partial charge in [0.25, 0.3) is 0 Å². The van der Waals surface area contributed by atoms with Crippen molar-refractivity contribution in [2.24, 2.45) is 11.8 Å². The first-order valence-electron chi connectivity index (χ1n) is 10.9. The molecule has 2 atom stereocenters. The minimum absolute atomic E-state index is 0.0414. The van der Waals surface area contributed by atoms with E-state index in [0.717, 1.165) is 41.9 Å². The summed E-state index contributed by atoms with van der Waals surface area (Å²) < 4.78 is 21.6. The molecule has 2 aromatic carbocycles. The van der Waals surface area contributed by atoms with Crippen LogP contribution in [0.5, 0.6) is 11.5 Å². The van der Waals surface area contributed by atoms with Gasteiger partial charge in [-0.05, 0) is 48.9 Å². The molecule has 0 aromatic heterocycles. The number of allylic oxidation sites excluding steroid dienone is 3. The Morgan fingerprint density at radius 3 is 2.47 bits per heavy atom. The van der Waals surface area contributed by atoms with Crippen LogP contribution in [0.15, 0.2) is 66.4 Å². The first-order chi connectivity index (χ1) is 15.6. The highest BCUT2D eigenvalue weighted by Crippen LogP contribution is 2.34. The maximum Gasteiger partial charge on any atom is 0.188 e. The molecule has 32 heavy (non-hydrogen) atoms. The van der Waals surface area contributed by atoms with Gasteiger partial charge in [-0.2, -0.15) is 0 Å². The van der Waals surface area contributed by atoms with Crippen LogP contribution in [-0.2, 0) is 20.7 Å². The summed E-state index contributed by atoms with van der Waals surface area (Å²) in [6, 6.07) is 16.1. The Hall–Kier alpha value is -3.05. The molecule has 5 heteroatoms. The molecule has 0 saturated carbocycles. The summed E-state index contributed by atoms with van der Waals surface area (Å²) in [4.78, 5) is 12.7. The summed E-state index contributed by atoms with van der Waals surface area (Å²) in [5, 5.41) is 0. The summed E-state index contributed by atoms with van der Waals surface area (Å²) in [7, 11) is 4.86. The number of aryl methyl sites for hydroxylation is 1. The second-order valence-electron chi connectivity index (χ2n) is 7.91. The third-order valence-corrected chi connectivity index (χ3v) is 5.76. The molecule has 170 valence electrons. The number of benzene rings is 2. The molecule has 0 saturated heterocycles. The van der Waals surface area contributed by atoms with Crippen LogP contribution in [0.1, 0.15) is 30.4 Å². The lowest BCUT2D eigenvalue weighted by molar-refractivity contribution is -0.120. The molecule has 1 aliphatic carbocycles. The molecule has 2 aromatic rings. The van der Waals surface area contributed by atoms with E-state index in [-0.39, 0.29) is 24.4 Å². The zero-order valence-electron chi connectivity index (χ0n) is 19.1. The zero-order chi connectivity index (χ0) is 22.8. The van der Waals surface area contributed by atoms with Gasteiger partial charge in [0.2, 0.25) is 0 Å². The van der Waals surface area contributed by atoms with E-state index in [0.29, 0.717) is 12.2 Å². The quantitative estimate of drug-likeness (QED) is 0.439. The summed E-state index contributed by atoms with van der Waals surface area (Å²) in [6.45, 7) is 0.143. The van der Waals surface area contributed by atoms with E-state index in [1.54, 1.807) is 27.4 Å². The third kappa shape index (κ3) is 6.47. The fourth-order valence-corrected chi connectivity index (χ4v) is 4.02. The van der Waals surface area contributed by atoms with Gasteiger partial charge >= 0.3 is 0 Å². The number of hydrogen-bond donors (Lipinski definition) is 0. The Labute approximate surface area is 190 Å². The highest BCUT2D eigenvalue weighted by Gasteiger charge is 2.30. The Morgan fingerprint density at radius 2 is 1.75 bits per heavy atom. The molecule has 0 heterocycles. The molecule has 5 nitrogen and oxygen atoms in total. The summed E-state index contributed by atoms with van der Waals surface area (Å²) in [5.41, 5.74) is 2.30. The maximum atomic E-state index is 12.7. The molecule has 0 radical (unpaired) electrons. The maximum absolute atomic E-state index is 12.7. The first-order valence-corrected chi connectivity index (χ1v) is 10.9. The number of carbonyl (C=O) groups excluding carboxylic acids is 1. The van der Waals surface area contributed by atoms with Crippen LogP contribution >= 0.6 is 0 Å². The van der Waals surface area contributed by atoms with E-state index in [1.165, 1.54) is 0 Å². The van der Waals surface area contributed by atoms with E-state index in [9.17, 15) is 4.79 Å². The molecular formula is C27H32O5. The van der Waals surface area contributed by atoms with Crippen LogP contribution in [-0.4, -0.2) is 33.9 Å². The number of ether oxygens (including phenoxy) is 4. The molecule has 0 fully saturated rings.